The number of aryl methyl sites for hydroxylation is 1. The van der Waals surface area contributed by atoms with Gasteiger partial charge in [-0.3, -0.25) is 4.79 Å². The lowest BCUT2D eigenvalue weighted by Crippen LogP contribution is -2.23. The summed E-state index contributed by atoms with van der Waals surface area (Å²) in [6.07, 6.45) is 2.82. The lowest BCUT2D eigenvalue weighted by Gasteiger charge is -2.08. The molecule has 0 fully saturated rings. The minimum absolute atomic E-state index is 0.0673. The topological polar surface area (TPSA) is 46.4 Å². The molecule has 4 rings (SSSR count). The first-order valence-corrected chi connectivity index (χ1v) is 9.71. The molecule has 0 aliphatic carbocycles. The smallest absolute Gasteiger partial charge is 0.220 e. The van der Waals surface area contributed by atoms with E-state index in [1.165, 1.54) is 12.1 Å². The second kappa shape index (κ2) is 8.45. The van der Waals surface area contributed by atoms with Gasteiger partial charge in [-0.1, -0.05) is 41.9 Å². The van der Waals surface area contributed by atoms with Crippen molar-refractivity contribution in [3.05, 3.63) is 95.0 Å². The summed E-state index contributed by atoms with van der Waals surface area (Å²) in [6, 6.07) is 19.5. The molecule has 6 heteroatoms. The van der Waals surface area contributed by atoms with Crippen LogP contribution in [0.3, 0.4) is 0 Å². The molecular weight excluding hydrogens is 389 g/mol. The molecule has 146 valence electrons. The summed E-state index contributed by atoms with van der Waals surface area (Å²) in [7, 11) is 0. The van der Waals surface area contributed by atoms with E-state index >= 15 is 0 Å². The van der Waals surface area contributed by atoms with Crippen molar-refractivity contribution in [1.29, 1.82) is 0 Å². The standard InChI is InChI=1S/C23H19ClFN3O/c24-18-8-6-17(7-9-18)23-20(28-14-2-1-3-21(28)27-23)12-13-22(29)26-15-16-4-10-19(25)11-5-16/h1-11,14H,12-13,15H2,(H,26,29). The number of nitrogens with one attached hydrogen (secondary N) is 1. The van der Waals surface area contributed by atoms with Crippen molar-refractivity contribution in [2.75, 3.05) is 0 Å². The molecule has 2 heterocycles. The molecule has 0 saturated heterocycles. The van der Waals surface area contributed by atoms with Crippen molar-refractivity contribution < 1.29 is 9.18 Å². The molecule has 0 radical (unpaired) electrons. The van der Waals surface area contributed by atoms with Gasteiger partial charge in [0.15, 0.2) is 0 Å². The normalized spacial score (nSPS) is 11.0. The van der Waals surface area contributed by atoms with Gasteiger partial charge in [0, 0.05) is 29.7 Å². The van der Waals surface area contributed by atoms with E-state index in [2.05, 4.69) is 5.32 Å². The highest BCUT2D eigenvalue weighted by Gasteiger charge is 2.15. The van der Waals surface area contributed by atoms with E-state index < -0.39 is 0 Å². The van der Waals surface area contributed by atoms with Crippen LogP contribution in [-0.4, -0.2) is 15.3 Å². The van der Waals surface area contributed by atoms with Gasteiger partial charge in [-0.2, -0.15) is 0 Å². The Morgan fingerprint density at radius 3 is 2.55 bits per heavy atom. The number of fused-ring (bicyclic) bond motifs is 1. The number of pyridine rings is 1. The molecule has 4 aromatic rings. The van der Waals surface area contributed by atoms with Gasteiger partial charge in [-0.05, 0) is 48.4 Å². The van der Waals surface area contributed by atoms with Gasteiger partial charge in [0.05, 0.1) is 11.4 Å². The molecule has 1 amide bonds. The summed E-state index contributed by atoms with van der Waals surface area (Å²) in [5.74, 6) is -0.357. The minimum Gasteiger partial charge on any atom is -0.352 e. The minimum atomic E-state index is -0.289. The number of carbonyl (C=O) groups excluding carboxylic acids is 1. The molecule has 29 heavy (non-hydrogen) atoms. The van der Waals surface area contributed by atoms with E-state index in [0.717, 1.165) is 28.2 Å². The fourth-order valence-electron chi connectivity index (χ4n) is 3.25. The number of aromatic nitrogens is 2. The monoisotopic (exact) mass is 407 g/mol. The summed E-state index contributed by atoms with van der Waals surface area (Å²) in [4.78, 5) is 17.1. The summed E-state index contributed by atoms with van der Waals surface area (Å²) in [6.45, 7) is 0.371. The molecule has 0 spiro atoms. The Labute approximate surface area is 173 Å². The number of rotatable bonds is 6. The molecule has 0 unspecified atom stereocenters. The highest BCUT2D eigenvalue weighted by Crippen LogP contribution is 2.26. The predicted molar refractivity (Wildman–Crippen MR) is 112 cm³/mol. The molecule has 0 bridgehead atoms. The van der Waals surface area contributed by atoms with Crippen LogP contribution >= 0.6 is 11.6 Å². The third kappa shape index (κ3) is 4.46. The van der Waals surface area contributed by atoms with E-state index in [0.29, 0.717) is 24.4 Å². The number of halogens is 2. The summed E-state index contributed by atoms with van der Waals surface area (Å²) < 4.78 is 15.0. The summed E-state index contributed by atoms with van der Waals surface area (Å²) >= 11 is 6.01. The van der Waals surface area contributed by atoms with Crippen LogP contribution in [-0.2, 0) is 17.8 Å². The molecule has 0 atom stereocenters. The van der Waals surface area contributed by atoms with Gasteiger partial charge in [0.1, 0.15) is 11.5 Å². The van der Waals surface area contributed by atoms with Crippen molar-refractivity contribution in [2.24, 2.45) is 0 Å². The molecule has 0 saturated carbocycles. The van der Waals surface area contributed by atoms with Crippen LogP contribution in [0.1, 0.15) is 17.7 Å². The van der Waals surface area contributed by atoms with Gasteiger partial charge < -0.3 is 9.72 Å². The maximum atomic E-state index is 13.0. The molecule has 1 N–H and O–H groups in total. The van der Waals surface area contributed by atoms with Crippen LogP contribution in [0.2, 0.25) is 5.02 Å². The highest BCUT2D eigenvalue weighted by atomic mass is 35.5. The molecule has 4 nitrogen and oxygen atoms in total. The number of nitrogens with zero attached hydrogens (tertiary/aromatic N) is 2. The van der Waals surface area contributed by atoms with Crippen LogP contribution in [0.15, 0.2) is 72.9 Å². The van der Waals surface area contributed by atoms with Gasteiger partial charge >= 0.3 is 0 Å². The number of hydrogen-bond acceptors (Lipinski definition) is 2. The largest absolute Gasteiger partial charge is 0.352 e. The van der Waals surface area contributed by atoms with Crippen LogP contribution in [0.4, 0.5) is 4.39 Å². The second-order valence-electron chi connectivity index (χ2n) is 6.75. The van der Waals surface area contributed by atoms with Crippen molar-refractivity contribution in [3.8, 4) is 11.3 Å². The van der Waals surface area contributed by atoms with Gasteiger partial charge in [0.25, 0.3) is 0 Å². The first-order chi connectivity index (χ1) is 14.1. The molecule has 2 aromatic heterocycles. The lowest BCUT2D eigenvalue weighted by atomic mass is 10.1. The molecule has 0 aliphatic heterocycles. The van der Waals surface area contributed by atoms with Gasteiger partial charge in [-0.15, -0.1) is 0 Å². The molecule has 0 aliphatic rings. The Morgan fingerprint density at radius 1 is 1.03 bits per heavy atom. The third-order valence-corrected chi connectivity index (χ3v) is 4.99. The maximum Gasteiger partial charge on any atom is 0.220 e. The van der Waals surface area contributed by atoms with E-state index in [1.54, 1.807) is 12.1 Å². The van der Waals surface area contributed by atoms with Crippen LogP contribution in [0, 0.1) is 5.82 Å². The quantitative estimate of drug-likeness (QED) is 0.486. The first-order valence-electron chi connectivity index (χ1n) is 9.33. The Bertz CT molecular complexity index is 1140. The van der Waals surface area contributed by atoms with Crippen LogP contribution in [0.25, 0.3) is 16.9 Å². The van der Waals surface area contributed by atoms with Crippen molar-refractivity contribution in [2.45, 2.75) is 19.4 Å². The molecular formula is C23H19ClFN3O. The second-order valence-corrected chi connectivity index (χ2v) is 7.18. The van der Waals surface area contributed by atoms with Gasteiger partial charge in [0.2, 0.25) is 5.91 Å². The number of benzene rings is 2. The zero-order valence-electron chi connectivity index (χ0n) is 15.6. The van der Waals surface area contributed by atoms with Crippen LogP contribution < -0.4 is 5.32 Å². The van der Waals surface area contributed by atoms with E-state index in [9.17, 15) is 9.18 Å². The number of carbonyl (C=O) groups is 1. The number of amides is 1. The highest BCUT2D eigenvalue weighted by molar-refractivity contribution is 6.30. The zero-order chi connectivity index (χ0) is 20.2. The van der Waals surface area contributed by atoms with E-state index in [1.807, 2.05) is 53.1 Å². The number of hydrogen-bond donors (Lipinski definition) is 1. The van der Waals surface area contributed by atoms with Crippen molar-refractivity contribution in [3.63, 3.8) is 0 Å². The average Bonchev–Trinajstić information content (AvgIpc) is 3.11. The fourth-order valence-corrected chi connectivity index (χ4v) is 3.37. The SMILES string of the molecule is O=C(CCc1c(-c2ccc(Cl)cc2)nc2ccccn12)NCc1ccc(F)cc1. The molecule has 2 aromatic carbocycles. The Balaban J connectivity index is 1.50. The summed E-state index contributed by atoms with van der Waals surface area (Å²) in [5.41, 5.74) is 4.47. The Kier molecular flexibility index (Phi) is 5.58. The van der Waals surface area contributed by atoms with Gasteiger partial charge in [-0.25, -0.2) is 9.37 Å². The van der Waals surface area contributed by atoms with E-state index in [-0.39, 0.29) is 11.7 Å². The van der Waals surface area contributed by atoms with Crippen LogP contribution in [0.5, 0.6) is 0 Å². The first kappa shape index (κ1) is 19.2. The zero-order valence-corrected chi connectivity index (χ0v) is 16.4. The van der Waals surface area contributed by atoms with E-state index in [4.69, 9.17) is 16.6 Å². The summed E-state index contributed by atoms with van der Waals surface area (Å²) in [5, 5.41) is 3.55. The third-order valence-electron chi connectivity index (χ3n) is 4.74. The average molecular weight is 408 g/mol. The maximum absolute atomic E-state index is 13.0. The number of imidazole rings is 1. The Morgan fingerprint density at radius 2 is 1.79 bits per heavy atom. The predicted octanol–water partition coefficient (Wildman–Crippen LogP) is 5.04. The fraction of sp³-hybridized carbons (Fsp3) is 0.130. The van der Waals surface area contributed by atoms with Crippen molar-refractivity contribution >= 4 is 23.2 Å². The van der Waals surface area contributed by atoms with Crippen molar-refractivity contribution in [1.82, 2.24) is 14.7 Å². The lowest BCUT2D eigenvalue weighted by molar-refractivity contribution is -0.121. The Hall–Kier alpha value is -3.18.